The van der Waals surface area contributed by atoms with Crippen LogP contribution in [0.4, 0.5) is 0 Å². The maximum Gasteiger partial charge on any atom is 0.197 e. The van der Waals surface area contributed by atoms with Crippen molar-refractivity contribution < 1.29 is 0 Å². The van der Waals surface area contributed by atoms with Crippen molar-refractivity contribution in [2.24, 2.45) is 0 Å². The van der Waals surface area contributed by atoms with Crippen LogP contribution in [-0.2, 0) is 0 Å². The average molecular weight is 156 g/mol. The SMILES string of the molecule is PB(P)C(P)P. The molecule has 0 aliphatic heterocycles. The minimum atomic E-state index is 0.611. The lowest BCUT2D eigenvalue weighted by Crippen LogP contribution is -2.00. The molecule has 36 valence electrons. The highest BCUT2D eigenvalue weighted by Crippen LogP contribution is 2.21. The zero-order valence-electron chi connectivity index (χ0n) is 3.46. The summed E-state index contributed by atoms with van der Waals surface area (Å²) in [5.74, 6) is 0. The quantitative estimate of drug-likeness (QED) is 0.389. The fourth-order valence-electron chi connectivity index (χ4n) is 0. The van der Waals surface area contributed by atoms with Crippen LogP contribution in [0.5, 0.6) is 0 Å². The molecule has 4 atom stereocenters. The highest BCUT2D eigenvalue weighted by Gasteiger charge is 2.02. The van der Waals surface area contributed by atoms with E-state index in [-0.39, 0.29) is 0 Å². The van der Waals surface area contributed by atoms with Crippen LogP contribution < -0.4 is 0 Å². The van der Waals surface area contributed by atoms with Gasteiger partial charge >= 0.3 is 0 Å². The molecule has 0 spiro atoms. The Hall–Kier alpha value is 1.78. The summed E-state index contributed by atoms with van der Waals surface area (Å²) in [6.07, 6.45) is 0.611. The lowest BCUT2D eigenvalue weighted by atomic mass is 10.1. The fraction of sp³-hybridized carbons (Fsp3) is 1.00. The Bertz CT molecular complexity index is 28.5. The summed E-state index contributed by atoms with van der Waals surface area (Å²) < 4.78 is 0. The minimum Gasteiger partial charge on any atom is -0.165 e. The van der Waals surface area contributed by atoms with Gasteiger partial charge in [-0.2, -0.15) is 18.2 Å². The van der Waals surface area contributed by atoms with Crippen LogP contribution in [0.15, 0.2) is 0 Å². The van der Waals surface area contributed by atoms with E-state index >= 15 is 0 Å². The molecule has 0 fully saturated rings. The summed E-state index contributed by atoms with van der Waals surface area (Å²) >= 11 is 0. The largest absolute Gasteiger partial charge is 0.197 e. The molecule has 0 aliphatic rings. The second-order valence-electron chi connectivity index (χ2n) is 1.15. The van der Waals surface area contributed by atoms with Crippen LogP contribution in [0.3, 0.4) is 0 Å². The highest BCUT2D eigenvalue weighted by molar-refractivity contribution is 7.97. The van der Waals surface area contributed by atoms with E-state index in [0.717, 1.165) is 0 Å². The highest BCUT2D eigenvalue weighted by atomic mass is 31.1. The van der Waals surface area contributed by atoms with Crippen LogP contribution in [-0.4, -0.2) is 11.5 Å². The Kier molecular flexibility index (Phi) is 4.86. The van der Waals surface area contributed by atoms with E-state index in [0.29, 0.717) is 11.5 Å². The van der Waals surface area contributed by atoms with Gasteiger partial charge in [0.05, 0.1) is 0 Å². The van der Waals surface area contributed by atoms with Gasteiger partial charge in [0.15, 0.2) is 6.15 Å². The molecule has 0 saturated heterocycles. The molecule has 5 heteroatoms. The average Bonchev–Trinajstić information content (AvgIpc) is 1.36. The maximum absolute atomic E-state index is 2.69. The standard InChI is InChI=1S/CH9BP4/c3-1(4)2(5)6/h1H,3-6H2. The van der Waals surface area contributed by atoms with E-state index in [1.165, 1.54) is 0 Å². The predicted octanol–water partition coefficient (Wildman–Crippen LogP) is 0.840. The van der Waals surface area contributed by atoms with Crippen LogP contribution in [0, 0.1) is 0 Å². The van der Waals surface area contributed by atoms with Gasteiger partial charge in [-0.15, -0.1) is 18.5 Å². The molecule has 0 saturated carbocycles. The van der Waals surface area contributed by atoms with Crippen LogP contribution in [0.25, 0.3) is 0 Å². The van der Waals surface area contributed by atoms with Crippen molar-refractivity contribution in [1.29, 1.82) is 0 Å². The van der Waals surface area contributed by atoms with Gasteiger partial charge in [0.2, 0.25) is 0 Å². The first-order valence-corrected chi connectivity index (χ1v) is 4.33. The Morgan fingerprint density at radius 2 is 1.33 bits per heavy atom. The van der Waals surface area contributed by atoms with Gasteiger partial charge < -0.3 is 0 Å². The van der Waals surface area contributed by atoms with Crippen LogP contribution >= 0.6 is 36.7 Å². The van der Waals surface area contributed by atoms with E-state index in [1.54, 1.807) is 0 Å². The van der Waals surface area contributed by atoms with Gasteiger partial charge in [-0.3, -0.25) is 0 Å². The lowest BCUT2D eigenvalue weighted by Gasteiger charge is -2.00. The summed E-state index contributed by atoms with van der Waals surface area (Å²) in [7, 11) is 10.8. The van der Waals surface area contributed by atoms with Crippen molar-refractivity contribution in [3.8, 4) is 0 Å². The maximum atomic E-state index is 2.69. The third-order valence-electron chi connectivity index (χ3n) is 0.444. The summed E-state index contributed by atoms with van der Waals surface area (Å²) in [4.78, 5) is 0. The molecule has 0 heterocycles. The van der Waals surface area contributed by atoms with Gasteiger partial charge in [-0.1, -0.05) is 0 Å². The normalized spacial score (nSPS) is 9.50. The van der Waals surface area contributed by atoms with Crippen molar-refractivity contribution >= 4 is 42.9 Å². The van der Waals surface area contributed by atoms with Gasteiger partial charge in [0.25, 0.3) is 0 Å². The monoisotopic (exact) mass is 156 g/mol. The Morgan fingerprint density at radius 3 is 1.33 bits per heavy atom. The first-order valence-electron chi connectivity index (χ1n) is 1.67. The molecule has 0 N–H and O–H groups in total. The molecule has 0 bridgehead atoms. The van der Waals surface area contributed by atoms with Gasteiger partial charge in [0.1, 0.15) is 0 Å². The third kappa shape index (κ3) is 3.96. The second-order valence-corrected chi connectivity index (χ2v) is 5.77. The van der Waals surface area contributed by atoms with E-state index < -0.39 is 0 Å². The number of rotatable bonds is 1. The number of hydrogen-bond donors (Lipinski definition) is 0. The minimum absolute atomic E-state index is 0.611. The molecule has 0 aromatic heterocycles. The molecule has 0 nitrogen and oxygen atoms in total. The molecule has 0 aliphatic carbocycles. The molecule has 6 heavy (non-hydrogen) atoms. The third-order valence-corrected chi connectivity index (χ3v) is 4.00. The predicted molar refractivity (Wildman–Crippen MR) is 48.4 cm³/mol. The summed E-state index contributed by atoms with van der Waals surface area (Å²) in [5.41, 5.74) is 0. The van der Waals surface area contributed by atoms with E-state index in [4.69, 9.17) is 0 Å². The van der Waals surface area contributed by atoms with Crippen molar-refractivity contribution in [2.75, 3.05) is 0 Å². The smallest absolute Gasteiger partial charge is 0.165 e. The molecular formula is CH9BP4. The van der Waals surface area contributed by atoms with Crippen LogP contribution in [0.2, 0.25) is 0 Å². The van der Waals surface area contributed by atoms with Gasteiger partial charge in [0, 0.05) is 0 Å². The van der Waals surface area contributed by atoms with Gasteiger partial charge in [-0.05, 0) is 5.30 Å². The summed E-state index contributed by atoms with van der Waals surface area (Å²) in [6, 6.07) is 0. The lowest BCUT2D eigenvalue weighted by molar-refractivity contribution is 2.02. The number of hydrogen-bond acceptors (Lipinski definition) is 0. The van der Waals surface area contributed by atoms with E-state index in [9.17, 15) is 0 Å². The molecular weight excluding hydrogens is 147 g/mol. The topological polar surface area (TPSA) is 0 Å². The van der Waals surface area contributed by atoms with Crippen molar-refractivity contribution in [1.82, 2.24) is 0 Å². The molecule has 0 radical (unpaired) electrons. The molecule has 0 aromatic carbocycles. The second kappa shape index (κ2) is 3.75. The first-order chi connectivity index (χ1) is 2.64. The van der Waals surface area contributed by atoms with Crippen molar-refractivity contribution in [2.45, 2.75) is 5.30 Å². The molecule has 0 amide bonds. The van der Waals surface area contributed by atoms with Gasteiger partial charge in [-0.25, -0.2) is 0 Å². The zero-order valence-corrected chi connectivity index (χ0v) is 8.08. The van der Waals surface area contributed by atoms with Crippen LogP contribution in [0.1, 0.15) is 0 Å². The zero-order chi connectivity index (χ0) is 5.15. The fourth-order valence-corrected chi connectivity index (χ4v) is 0. The Morgan fingerprint density at radius 1 is 1.17 bits per heavy atom. The van der Waals surface area contributed by atoms with Crippen molar-refractivity contribution in [3.63, 3.8) is 0 Å². The summed E-state index contributed by atoms with van der Waals surface area (Å²) in [6.45, 7) is 0. The summed E-state index contributed by atoms with van der Waals surface area (Å²) in [5, 5.41) is 0.611. The Balaban J connectivity index is 2.99. The molecule has 4 unspecified atom stereocenters. The molecule has 0 aromatic rings. The van der Waals surface area contributed by atoms with E-state index in [1.807, 2.05) is 0 Å². The van der Waals surface area contributed by atoms with Crippen molar-refractivity contribution in [3.05, 3.63) is 0 Å². The van der Waals surface area contributed by atoms with E-state index in [2.05, 4.69) is 36.7 Å². The first kappa shape index (κ1) is 7.78. The Labute approximate surface area is 48.8 Å². The molecule has 0 rings (SSSR count).